The van der Waals surface area contributed by atoms with Crippen LogP contribution in [0.2, 0.25) is 0 Å². The first-order valence-electron chi connectivity index (χ1n) is 6.63. The Kier molecular flexibility index (Phi) is 3.55. The number of nitro groups is 1. The molecule has 21 heavy (non-hydrogen) atoms. The van der Waals surface area contributed by atoms with E-state index in [0.29, 0.717) is 0 Å². The molecule has 0 amide bonds. The van der Waals surface area contributed by atoms with Gasteiger partial charge in [-0.1, -0.05) is 6.07 Å². The highest BCUT2D eigenvalue weighted by atomic mass is 79.9. The Labute approximate surface area is 130 Å². The highest BCUT2D eigenvalue weighted by Gasteiger charge is 2.23. The van der Waals surface area contributed by atoms with E-state index in [0.717, 1.165) is 28.7 Å². The number of benzene rings is 2. The van der Waals surface area contributed by atoms with Crippen molar-refractivity contribution in [3.8, 4) is 0 Å². The number of aryl methyl sites for hydroxylation is 1. The molecule has 2 aromatic rings. The third-order valence-electron chi connectivity index (χ3n) is 3.74. The van der Waals surface area contributed by atoms with Crippen molar-refractivity contribution in [2.75, 3.05) is 11.1 Å². The summed E-state index contributed by atoms with van der Waals surface area (Å²) >= 11 is 3.43. The Bertz CT molecular complexity index is 718. The maximum Gasteiger partial charge on any atom is 0.271 e. The summed E-state index contributed by atoms with van der Waals surface area (Å²) in [7, 11) is 0. The number of rotatable bonds is 3. The van der Waals surface area contributed by atoms with Gasteiger partial charge >= 0.3 is 0 Å². The average Bonchev–Trinajstić information content (AvgIpc) is 2.83. The van der Waals surface area contributed by atoms with Crippen LogP contribution >= 0.6 is 15.9 Å². The van der Waals surface area contributed by atoms with Crippen LogP contribution in [-0.4, -0.2) is 4.92 Å². The third-order valence-corrected chi connectivity index (χ3v) is 4.43. The van der Waals surface area contributed by atoms with Gasteiger partial charge in [0.2, 0.25) is 0 Å². The van der Waals surface area contributed by atoms with E-state index in [1.54, 1.807) is 12.1 Å². The fraction of sp³-hybridized carbons (Fsp3) is 0.200. The summed E-state index contributed by atoms with van der Waals surface area (Å²) < 4.78 is 0.817. The molecule has 0 aromatic heterocycles. The molecule has 108 valence electrons. The largest absolute Gasteiger partial charge is 0.399 e. The summed E-state index contributed by atoms with van der Waals surface area (Å²) in [6, 6.07) is 10.8. The quantitative estimate of drug-likeness (QED) is 0.498. The first-order valence-corrected chi connectivity index (χ1v) is 7.42. The van der Waals surface area contributed by atoms with Crippen molar-refractivity contribution in [3.63, 3.8) is 0 Å². The molecule has 1 atom stereocenters. The number of nitrogens with one attached hydrogen (secondary N) is 1. The number of nitrogens with zero attached hydrogens (tertiary/aromatic N) is 1. The van der Waals surface area contributed by atoms with Gasteiger partial charge in [0.05, 0.1) is 16.7 Å². The number of fused-ring (bicyclic) bond motifs is 1. The predicted octanol–water partition coefficient (Wildman–Crippen LogP) is 4.04. The lowest BCUT2D eigenvalue weighted by atomic mass is 10.1. The Morgan fingerprint density at radius 2 is 2.10 bits per heavy atom. The van der Waals surface area contributed by atoms with Crippen molar-refractivity contribution in [1.29, 1.82) is 0 Å². The minimum atomic E-state index is -0.388. The highest BCUT2D eigenvalue weighted by Crippen LogP contribution is 2.37. The van der Waals surface area contributed by atoms with E-state index in [4.69, 9.17) is 5.73 Å². The predicted molar refractivity (Wildman–Crippen MR) is 86.3 cm³/mol. The molecular weight excluding hydrogens is 334 g/mol. The molecular formula is C15H14BrN3O2. The molecule has 1 aliphatic rings. The van der Waals surface area contributed by atoms with Crippen molar-refractivity contribution >= 4 is 33.0 Å². The Morgan fingerprint density at radius 1 is 1.29 bits per heavy atom. The summed E-state index contributed by atoms with van der Waals surface area (Å²) in [5.41, 5.74) is 9.84. The second kappa shape index (κ2) is 5.37. The maximum absolute atomic E-state index is 10.9. The summed E-state index contributed by atoms with van der Waals surface area (Å²) in [6.07, 6.45) is 1.92. The van der Waals surface area contributed by atoms with Gasteiger partial charge < -0.3 is 11.1 Å². The molecule has 0 saturated heterocycles. The molecule has 1 unspecified atom stereocenters. The standard InChI is InChI=1S/C15H14BrN3O2/c16-13-5-3-11(19(20)21)8-15(13)18-14-6-1-9-7-10(17)2-4-12(9)14/h2-5,7-8,14,18H,1,6,17H2. The van der Waals surface area contributed by atoms with Gasteiger partial charge in [-0.3, -0.25) is 10.1 Å². The lowest BCUT2D eigenvalue weighted by molar-refractivity contribution is -0.384. The Hall–Kier alpha value is -2.08. The molecule has 3 rings (SSSR count). The minimum absolute atomic E-state index is 0.0798. The first-order chi connectivity index (χ1) is 10.0. The monoisotopic (exact) mass is 347 g/mol. The summed E-state index contributed by atoms with van der Waals surface area (Å²) in [6.45, 7) is 0. The molecule has 3 N–H and O–H groups in total. The number of anilines is 2. The van der Waals surface area contributed by atoms with Gasteiger partial charge in [0.1, 0.15) is 0 Å². The van der Waals surface area contributed by atoms with E-state index >= 15 is 0 Å². The second-order valence-electron chi connectivity index (χ2n) is 5.12. The van der Waals surface area contributed by atoms with E-state index in [-0.39, 0.29) is 16.7 Å². The Balaban J connectivity index is 1.89. The lowest BCUT2D eigenvalue weighted by Gasteiger charge is -2.16. The number of hydrogen-bond donors (Lipinski definition) is 2. The molecule has 0 heterocycles. The number of nitrogens with two attached hydrogens (primary N) is 1. The van der Waals surface area contributed by atoms with Gasteiger partial charge in [0, 0.05) is 22.3 Å². The van der Waals surface area contributed by atoms with Crippen LogP contribution < -0.4 is 11.1 Å². The van der Waals surface area contributed by atoms with Crippen LogP contribution in [0.4, 0.5) is 17.1 Å². The van der Waals surface area contributed by atoms with E-state index < -0.39 is 0 Å². The topological polar surface area (TPSA) is 81.2 Å². The van der Waals surface area contributed by atoms with Gasteiger partial charge in [-0.15, -0.1) is 0 Å². The molecule has 2 aromatic carbocycles. The van der Waals surface area contributed by atoms with Gasteiger partial charge in [-0.05, 0) is 58.1 Å². The van der Waals surface area contributed by atoms with E-state index in [2.05, 4.69) is 21.2 Å². The third kappa shape index (κ3) is 2.71. The van der Waals surface area contributed by atoms with Crippen LogP contribution in [-0.2, 0) is 6.42 Å². The molecule has 0 aliphatic heterocycles. The summed E-state index contributed by atoms with van der Waals surface area (Å²) in [4.78, 5) is 10.5. The molecule has 0 bridgehead atoms. The highest BCUT2D eigenvalue weighted by molar-refractivity contribution is 9.10. The molecule has 0 radical (unpaired) electrons. The smallest absolute Gasteiger partial charge is 0.271 e. The molecule has 5 nitrogen and oxygen atoms in total. The van der Waals surface area contributed by atoms with Crippen molar-refractivity contribution in [2.24, 2.45) is 0 Å². The van der Waals surface area contributed by atoms with E-state index in [1.807, 2.05) is 18.2 Å². The van der Waals surface area contributed by atoms with Crippen molar-refractivity contribution in [3.05, 3.63) is 62.1 Å². The molecule has 6 heteroatoms. The van der Waals surface area contributed by atoms with Gasteiger partial charge in [0.25, 0.3) is 5.69 Å². The van der Waals surface area contributed by atoms with Crippen molar-refractivity contribution < 1.29 is 4.92 Å². The van der Waals surface area contributed by atoms with E-state index in [9.17, 15) is 10.1 Å². The van der Waals surface area contributed by atoms with Crippen molar-refractivity contribution in [1.82, 2.24) is 0 Å². The fourth-order valence-corrected chi connectivity index (χ4v) is 3.07. The van der Waals surface area contributed by atoms with Crippen LogP contribution in [0.5, 0.6) is 0 Å². The van der Waals surface area contributed by atoms with Crippen LogP contribution in [0.25, 0.3) is 0 Å². The number of nitro benzene ring substituents is 1. The van der Waals surface area contributed by atoms with Crippen LogP contribution in [0.15, 0.2) is 40.9 Å². The van der Waals surface area contributed by atoms with E-state index in [1.165, 1.54) is 17.2 Å². The fourth-order valence-electron chi connectivity index (χ4n) is 2.71. The van der Waals surface area contributed by atoms with Crippen LogP contribution in [0, 0.1) is 10.1 Å². The molecule has 0 fully saturated rings. The average molecular weight is 348 g/mol. The number of non-ortho nitro benzene ring substituents is 1. The zero-order valence-corrected chi connectivity index (χ0v) is 12.8. The molecule has 0 spiro atoms. The van der Waals surface area contributed by atoms with Crippen LogP contribution in [0.3, 0.4) is 0 Å². The van der Waals surface area contributed by atoms with Gasteiger partial charge in [-0.2, -0.15) is 0 Å². The number of nitrogen functional groups attached to an aromatic ring is 1. The lowest BCUT2D eigenvalue weighted by Crippen LogP contribution is -2.08. The first kappa shape index (κ1) is 13.9. The normalized spacial score (nSPS) is 16.5. The SMILES string of the molecule is Nc1ccc2c(c1)CCC2Nc1cc([N+](=O)[O-])ccc1Br. The molecule has 1 aliphatic carbocycles. The van der Waals surface area contributed by atoms with Gasteiger partial charge in [0.15, 0.2) is 0 Å². The zero-order valence-electron chi connectivity index (χ0n) is 11.2. The van der Waals surface area contributed by atoms with Crippen molar-refractivity contribution in [2.45, 2.75) is 18.9 Å². The summed E-state index contributed by atoms with van der Waals surface area (Å²) in [5, 5.41) is 14.3. The van der Waals surface area contributed by atoms with Gasteiger partial charge in [-0.25, -0.2) is 0 Å². The number of halogens is 1. The number of hydrogen-bond acceptors (Lipinski definition) is 4. The maximum atomic E-state index is 10.9. The molecule has 0 saturated carbocycles. The zero-order chi connectivity index (χ0) is 15.0. The Morgan fingerprint density at radius 3 is 2.86 bits per heavy atom. The second-order valence-corrected chi connectivity index (χ2v) is 5.97. The summed E-state index contributed by atoms with van der Waals surface area (Å²) in [5.74, 6) is 0. The minimum Gasteiger partial charge on any atom is -0.399 e. The van der Waals surface area contributed by atoms with Crippen LogP contribution in [0.1, 0.15) is 23.6 Å².